The molecule has 8 heteroatoms. The molecule has 111 heavy (non-hydrogen) atoms. The number of fused-ring (bicyclic) bond motifs is 16. The van der Waals surface area contributed by atoms with Crippen molar-refractivity contribution < 1.29 is 27.0 Å². The minimum atomic E-state index is -0.965. The van der Waals surface area contributed by atoms with E-state index in [1.54, 1.807) is 12.2 Å². The number of hydrogen-bond donors (Lipinski definition) is 0. The molecule has 1 spiro atoms. The summed E-state index contributed by atoms with van der Waals surface area (Å²) in [6, 6.07) is 120. The number of nitrogens with zero attached hydrogens (tertiary/aromatic N) is 2. The van der Waals surface area contributed by atoms with E-state index in [0.717, 1.165) is 157 Å². The lowest BCUT2D eigenvalue weighted by molar-refractivity contribution is 0.482. The van der Waals surface area contributed by atoms with Gasteiger partial charge in [0.15, 0.2) is 0 Å². The summed E-state index contributed by atoms with van der Waals surface area (Å²) in [5, 5.41) is 0. The number of anilines is 6. The Morgan fingerprint density at radius 2 is 0.432 bits per heavy atom. The Labute approximate surface area is 641 Å². The molecule has 20 rings (SSSR count). The number of halogens is 4. The molecule has 0 heterocycles. The van der Waals surface area contributed by atoms with Gasteiger partial charge in [-0.1, -0.05) is 219 Å². The van der Waals surface area contributed by atoms with Crippen molar-refractivity contribution in [1.29, 1.82) is 0 Å². The maximum Gasteiger partial charge on any atom is 0.127 e. The first-order chi connectivity index (χ1) is 54.5. The third-order valence-electron chi connectivity index (χ3n) is 23.1. The molecule has 4 nitrogen and oxygen atoms in total. The second-order valence-corrected chi connectivity index (χ2v) is 28.8. The molecule has 4 aliphatic carbocycles. The van der Waals surface area contributed by atoms with E-state index in [1.165, 1.54) is 48.5 Å². The minimum Gasteiger partial charge on any atom is -0.457 e. The lowest BCUT2D eigenvalue weighted by Gasteiger charge is -2.35. The van der Waals surface area contributed by atoms with E-state index in [4.69, 9.17) is 9.47 Å². The average molecular weight is 1440 g/mol. The van der Waals surface area contributed by atoms with E-state index in [0.29, 0.717) is 23.0 Å². The van der Waals surface area contributed by atoms with Crippen molar-refractivity contribution in [3.63, 3.8) is 0 Å². The fourth-order valence-corrected chi connectivity index (χ4v) is 18.4. The Kier molecular flexibility index (Phi) is 15.6. The standard InChI is InChI=1S/C103H66F4N2O2/c1-3-65-21-49-81(50-22-65)110-83-53-29-69(30-54-83)101(67-25-33-71(104)34-26-67)93-17-9-5-13-85(93)89-57-45-77(61-97(89)101)108(75-41-37-73(106)38-42-75)79-47-59-91-87-15-7-11-19-95(87)103(99(91)63-79)96-20-12-8-16-88(96)92-60-48-80(64-100(92)103)109(76-43-39-74(107)40-44-76)78-46-58-90-86-14-6-10-18-94(86)102(98(90)62-78,68-27-35-72(105)36-28-68)70-31-55-84(56-32-70)111-82-51-23-66(4-2)24-52-82/h3-64H,1-2H2. The molecule has 16 aromatic rings. The third-order valence-corrected chi connectivity index (χ3v) is 23.1. The van der Waals surface area contributed by atoms with Crippen molar-refractivity contribution in [2.75, 3.05) is 9.80 Å². The molecule has 0 radical (unpaired) electrons. The van der Waals surface area contributed by atoms with E-state index in [9.17, 15) is 0 Å². The van der Waals surface area contributed by atoms with Crippen LogP contribution in [0.25, 0.3) is 56.7 Å². The molecule has 0 bridgehead atoms. The summed E-state index contributed by atoms with van der Waals surface area (Å²) in [6.07, 6.45) is 3.60. The predicted octanol–water partition coefficient (Wildman–Crippen LogP) is 27.1. The summed E-state index contributed by atoms with van der Waals surface area (Å²) in [5.41, 5.74) is 24.4. The Hall–Kier alpha value is -14.1. The first kappa shape index (κ1) is 66.4. The van der Waals surface area contributed by atoms with Crippen molar-refractivity contribution in [2.45, 2.75) is 16.2 Å². The van der Waals surface area contributed by atoms with Gasteiger partial charge in [0.05, 0.1) is 16.2 Å². The van der Waals surface area contributed by atoms with Gasteiger partial charge in [0.25, 0.3) is 0 Å². The highest BCUT2D eigenvalue weighted by atomic mass is 19.1. The van der Waals surface area contributed by atoms with Gasteiger partial charge in [-0.15, -0.1) is 0 Å². The molecule has 0 saturated heterocycles. The Bertz CT molecular complexity index is 6010. The lowest BCUT2D eigenvalue weighted by atomic mass is 9.67. The van der Waals surface area contributed by atoms with Gasteiger partial charge >= 0.3 is 0 Å². The zero-order valence-electron chi connectivity index (χ0n) is 59.9. The summed E-state index contributed by atoms with van der Waals surface area (Å²) in [4.78, 5) is 4.45. The quantitative estimate of drug-likeness (QED) is 0.0900. The molecule has 2 unspecified atom stereocenters. The molecule has 0 amide bonds. The van der Waals surface area contributed by atoms with Crippen LogP contribution in [0.15, 0.2) is 377 Å². The second-order valence-electron chi connectivity index (χ2n) is 28.8. The van der Waals surface area contributed by atoms with Crippen LogP contribution < -0.4 is 19.3 Å². The smallest absolute Gasteiger partial charge is 0.127 e. The molecule has 4 aliphatic rings. The molecule has 0 saturated carbocycles. The number of rotatable bonds is 16. The van der Waals surface area contributed by atoms with Crippen LogP contribution >= 0.6 is 0 Å². The predicted molar refractivity (Wildman–Crippen MR) is 440 cm³/mol. The van der Waals surface area contributed by atoms with E-state index in [-0.39, 0.29) is 23.3 Å². The van der Waals surface area contributed by atoms with Crippen molar-refractivity contribution >= 4 is 46.3 Å². The number of benzene rings is 16. The van der Waals surface area contributed by atoms with E-state index in [1.807, 2.05) is 121 Å². The highest BCUT2D eigenvalue weighted by Gasteiger charge is 2.53. The van der Waals surface area contributed by atoms with Crippen molar-refractivity contribution in [2.24, 2.45) is 0 Å². The first-order valence-corrected chi connectivity index (χ1v) is 37.1. The van der Waals surface area contributed by atoms with E-state index >= 15 is 17.6 Å². The van der Waals surface area contributed by atoms with Crippen LogP contribution in [0.2, 0.25) is 0 Å². The fourth-order valence-electron chi connectivity index (χ4n) is 18.4. The molecule has 2 atom stereocenters. The van der Waals surface area contributed by atoms with Gasteiger partial charge in [-0.3, -0.25) is 0 Å². The monoisotopic (exact) mass is 1440 g/mol. The lowest BCUT2D eigenvalue weighted by Crippen LogP contribution is -2.29. The molecule has 528 valence electrons. The van der Waals surface area contributed by atoms with Crippen molar-refractivity contribution in [3.8, 4) is 67.5 Å². The number of ether oxygens (including phenoxy) is 2. The highest BCUT2D eigenvalue weighted by molar-refractivity contribution is 5.99. The molecular formula is C103H66F4N2O2. The van der Waals surface area contributed by atoms with Crippen LogP contribution in [0.1, 0.15) is 77.9 Å². The minimum absolute atomic E-state index is 0.345. The Balaban J connectivity index is 0.763. The van der Waals surface area contributed by atoms with Crippen LogP contribution in [-0.2, 0) is 16.2 Å². The van der Waals surface area contributed by atoms with Gasteiger partial charge in [0.1, 0.15) is 46.3 Å². The van der Waals surface area contributed by atoms with Crippen molar-refractivity contribution in [3.05, 3.63) is 478 Å². The zero-order valence-corrected chi connectivity index (χ0v) is 59.9. The molecule has 16 aromatic carbocycles. The average Bonchev–Trinajstić information content (AvgIpc) is 1.51. The zero-order chi connectivity index (χ0) is 74.7. The molecule has 0 aliphatic heterocycles. The summed E-state index contributed by atoms with van der Waals surface area (Å²) >= 11 is 0. The fraction of sp³-hybridized carbons (Fsp3) is 0.0291. The second kappa shape index (κ2) is 26.1. The normalized spacial score (nSPS) is 16.1. The maximum atomic E-state index is 15.6. The molecule has 0 aromatic heterocycles. The Morgan fingerprint density at radius 1 is 0.216 bits per heavy atom. The molecule has 0 N–H and O–H groups in total. The highest BCUT2D eigenvalue weighted by Crippen LogP contribution is 2.66. The van der Waals surface area contributed by atoms with E-state index < -0.39 is 16.2 Å². The van der Waals surface area contributed by atoms with Gasteiger partial charge in [-0.2, -0.15) is 0 Å². The Morgan fingerprint density at radius 3 is 0.712 bits per heavy atom. The summed E-state index contributed by atoms with van der Waals surface area (Å²) in [7, 11) is 0. The van der Waals surface area contributed by atoms with Gasteiger partial charge in [0.2, 0.25) is 0 Å². The van der Waals surface area contributed by atoms with Crippen LogP contribution in [0.3, 0.4) is 0 Å². The van der Waals surface area contributed by atoms with Gasteiger partial charge in [-0.25, -0.2) is 17.6 Å². The van der Waals surface area contributed by atoms with Gasteiger partial charge < -0.3 is 19.3 Å². The first-order valence-electron chi connectivity index (χ1n) is 37.1. The third kappa shape index (κ3) is 10.3. The molecular weight excluding hydrogens is 1370 g/mol. The summed E-state index contributed by atoms with van der Waals surface area (Å²) in [6.45, 7) is 7.84. The van der Waals surface area contributed by atoms with Gasteiger partial charge in [-0.05, 0) is 292 Å². The van der Waals surface area contributed by atoms with E-state index in [2.05, 4.69) is 217 Å². The van der Waals surface area contributed by atoms with Gasteiger partial charge in [0, 0.05) is 34.1 Å². The van der Waals surface area contributed by atoms with Crippen LogP contribution in [0, 0.1) is 23.3 Å². The number of hydrogen-bond acceptors (Lipinski definition) is 4. The summed E-state index contributed by atoms with van der Waals surface area (Å²) < 4.78 is 75.0. The van der Waals surface area contributed by atoms with Crippen molar-refractivity contribution in [1.82, 2.24) is 0 Å². The topological polar surface area (TPSA) is 24.9 Å². The largest absolute Gasteiger partial charge is 0.457 e. The molecule has 0 fully saturated rings. The van der Waals surface area contributed by atoms with Crippen LogP contribution in [0.5, 0.6) is 23.0 Å². The SMILES string of the molecule is C=Cc1ccc(Oc2ccc(C3(c4ccc(F)cc4)c4ccccc4-c4ccc(N(c5ccc(F)cc5)c5ccc6c(c5)C5(c7ccccc7-6)c6ccccc6-c6ccc(N(c7ccc(F)cc7)c7ccc8c(c7)C(c7ccc(F)cc7)(c7ccc(Oc9ccc(C=C)cc9)cc7)c7ccccc7-8)cc65)cc43)cc2)cc1. The van der Waals surface area contributed by atoms with Crippen LogP contribution in [0.4, 0.5) is 51.7 Å². The maximum absolute atomic E-state index is 15.6. The van der Waals surface area contributed by atoms with Crippen LogP contribution in [-0.4, -0.2) is 0 Å². The summed E-state index contributed by atoms with van der Waals surface area (Å²) in [5.74, 6) is 1.26.